The Morgan fingerprint density at radius 1 is 1.22 bits per heavy atom. The summed E-state index contributed by atoms with van der Waals surface area (Å²) in [5, 5.41) is 2.61. The number of hydrogen-bond donors (Lipinski definition) is 2. The van der Waals surface area contributed by atoms with Crippen LogP contribution in [0.1, 0.15) is 22.5 Å². The van der Waals surface area contributed by atoms with E-state index in [1.165, 1.54) is 0 Å². The predicted molar refractivity (Wildman–Crippen MR) is 108 cm³/mol. The van der Waals surface area contributed by atoms with Gasteiger partial charge in [-0.05, 0) is 37.1 Å². The summed E-state index contributed by atoms with van der Waals surface area (Å²) in [5.74, 6) is -0.463. The summed E-state index contributed by atoms with van der Waals surface area (Å²) in [4.78, 5) is 18.6. The summed E-state index contributed by atoms with van der Waals surface area (Å²) in [7, 11) is -3.45. The molecule has 0 aromatic carbocycles. The maximum absolute atomic E-state index is 12.3. The Bertz CT molecular complexity index is 865. The summed E-state index contributed by atoms with van der Waals surface area (Å²) in [6, 6.07) is 7.07. The van der Waals surface area contributed by atoms with Crippen molar-refractivity contribution < 1.29 is 13.2 Å². The fourth-order valence-corrected chi connectivity index (χ4v) is 5.14. The van der Waals surface area contributed by atoms with E-state index in [1.807, 2.05) is 12.1 Å². The van der Waals surface area contributed by atoms with Crippen LogP contribution in [0.4, 0.5) is 5.69 Å². The fourth-order valence-electron chi connectivity index (χ4n) is 2.95. The van der Waals surface area contributed by atoms with Crippen LogP contribution in [0, 0.1) is 0 Å². The van der Waals surface area contributed by atoms with Crippen LogP contribution in [-0.2, 0) is 10.0 Å². The van der Waals surface area contributed by atoms with Gasteiger partial charge in [0.1, 0.15) is 0 Å². The highest BCUT2D eigenvalue weighted by Gasteiger charge is 2.23. The van der Waals surface area contributed by atoms with Crippen LogP contribution in [0.3, 0.4) is 0 Å². The second kappa shape index (κ2) is 9.01. The van der Waals surface area contributed by atoms with Crippen molar-refractivity contribution in [3.05, 3.63) is 45.9 Å². The van der Waals surface area contributed by atoms with Gasteiger partial charge in [0, 0.05) is 43.8 Å². The minimum absolute atomic E-state index is 0.0551. The number of carbonyl (C=O) groups excluding carboxylic acids is 1. The molecule has 0 aliphatic carbocycles. The van der Waals surface area contributed by atoms with E-state index in [1.54, 1.807) is 24.5 Å². The normalized spacial score (nSPS) is 15.7. The molecule has 27 heavy (non-hydrogen) atoms. The maximum Gasteiger partial charge on any atom is 0.261 e. The summed E-state index contributed by atoms with van der Waals surface area (Å²) in [5.41, 5.74) is 1.10. The maximum atomic E-state index is 12.3. The number of aromatic nitrogens is 1. The number of pyridine rings is 1. The summed E-state index contributed by atoms with van der Waals surface area (Å²) in [6.45, 7) is 1.62. The van der Waals surface area contributed by atoms with Crippen LogP contribution in [0.15, 0.2) is 36.7 Å². The number of sulfonamides is 1. The van der Waals surface area contributed by atoms with Crippen molar-refractivity contribution in [3.63, 3.8) is 0 Å². The molecule has 0 radical (unpaired) electrons. The van der Waals surface area contributed by atoms with Crippen molar-refractivity contribution in [3.8, 4) is 0 Å². The van der Waals surface area contributed by atoms with E-state index >= 15 is 0 Å². The van der Waals surface area contributed by atoms with Gasteiger partial charge in [-0.2, -0.15) is 0 Å². The van der Waals surface area contributed by atoms with Gasteiger partial charge in [0.2, 0.25) is 10.0 Å². The molecule has 7 nitrogen and oxygen atoms in total. The molecule has 146 valence electrons. The van der Waals surface area contributed by atoms with E-state index in [-0.39, 0.29) is 24.2 Å². The monoisotopic (exact) mass is 428 g/mol. The summed E-state index contributed by atoms with van der Waals surface area (Å²) < 4.78 is 27.8. The molecule has 1 aliphatic rings. The molecule has 3 rings (SSSR count). The lowest BCUT2D eigenvalue weighted by molar-refractivity contribution is 0.0960. The number of nitrogens with zero attached hydrogens (tertiary/aromatic N) is 2. The fraction of sp³-hybridized carbons (Fsp3) is 0.412. The zero-order valence-corrected chi connectivity index (χ0v) is 17.0. The van der Waals surface area contributed by atoms with Gasteiger partial charge >= 0.3 is 0 Å². The highest BCUT2D eigenvalue weighted by molar-refractivity contribution is 7.89. The van der Waals surface area contributed by atoms with Gasteiger partial charge in [0.05, 0.1) is 15.0 Å². The van der Waals surface area contributed by atoms with Crippen molar-refractivity contribution in [1.29, 1.82) is 0 Å². The lowest BCUT2D eigenvalue weighted by atomic mass is 10.1. The molecule has 10 heteroatoms. The first-order valence-corrected chi connectivity index (χ1v) is 11.5. The topological polar surface area (TPSA) is 91.4 Å². The van der Waals surface area contributed by atoms with Gasteiger partial charge in [-0.3, -0.25) is 9.78 Å². The molecule has 0 atom stereocenters. The molecule has 2 N–H and O–H groups in total. The van der Waals surface area contributed by atoms with Crippen LogP contribution >= 0.6 is 22.9 Å². The third kappa shape index (κ3) is 5.90. The Kier molecular flexibility index (Phi) is 6.69. The smallest absolute Gasteiger partial charge is 0.261 e. The summed E-state index contributed by atoms with van der Waals surface area (Å²) >= 11 is 6.96. The quantitative estimate of drug-likeness (QED) is 0.704. The minimum Gasteiger partial charge on any atom is -0.371 e. The van der Waals surface area contributed by atoms with Crippen LogP contribution in [0.25, 0.3) is 0 Å². The predicted octanol–water partition coefficient (Wildman–Crippen LogP) is 2.11. The van der Waals surface area contributed by atoms with E-state index in [0.29, 0.717) is 9.21 Å². The second-order valence-electron chi connectivity index (χ2n) is 6.26. The third-order valence-corrected chi connectivity index (χ3v) is 6.99. The molecule has 1 fully saturated rings. The molecule has 2 aromatic rings. The number of rotatable bonds is 7. The zero-order valence-electron chi connectivity index (χ0n) is 14.6. The minimum atomic E-state index is -3.45. The van der Waals surface area contributed by atoms with E-state index in [4.69, 9.17) is 11.6 Å². The zero-order chi connectivity index (χ0) is 19.3. The Balaban J connectivity index is 1.41. The van der Waals surface area contributed by atoms with Crippen LogP contribution in [0.2, 0.25) is 4.34 Å². The molecular formula is C17H21ClN4O3S2. The van der Waals surface area contributed by atoms with Gasteiger partial charge in [0.15, 0.2) is 0 Å². The first-order chi connectivity index (χ1) is 12.9. The second-order valence-corrected chi connectivity index (χ2v) is 9.85. The average Bonchev–Trinajstić information content (AvgIpc) is 3.09. The summed E-state index contributed by atoms with van der Waals surface area (Å²) in [6.07, 6.45) is 4.98. The van der Waals surface area contributed by atoms with Gasteiger partial charge in [-0.1, -0.05) is 11.6 Å². The van der Waals surface area contributed by atoms with Crippen molar-refractivity contribution >= 4 is 44.6 Å². The lowest BCUT2D eigenvalue weighted by Crippen LogP contribution is -2.46. The molecule has 1 aliphatic heterocycles. The number of thiophene rings is 1. The van der Waals surface area contributed by atoms with Gasteiger partial charge in [-0.25, -0.2) is 13.1 Å². The Morgan fingerprint density at radius 2 is 1.93 bits per heavy atom. The van der Waals surface area contributed by atoms with Crippen LogP contribution in [-0.4, -0.2) is 50.7 Å². The van der Waals surface area contributed by atoms with Crippen LogP contribution in [0.5, 0.6) is 0 Å². The van der Waals surface area contributed by atoms with Crippen molar-refractivity contribution in [2.75, 3.05) is 30.3 Å². The van der Waals surface area contributed by atoms with Crippen LogP contribution < -0.4 is 14.9 Å². The first kappa shape index (κ1) is 20.1. The number of carbonyl (C=O) groups is 1. The molecule has 2 aromatic heterocycles. The Morgan fingerprint density at radius 3 is 2.56 bits per heavy atom. The Labute approximate surface area is 167 Å². The number of halogens is 1. The van der Waals surface area contributed by atoms with Gasteiger partial charge in [0.25, 0.3) is 5.91 Å². The Hall–Kier alpha value is -1.68. The molecule has 0 unspecified atom stereocenters. The molecule has 0 spiro atoms. The van der Waals surface area contributed by atoms with Crippen molar-refractivity contribution in [1.82, 2.24) is 15.0 Å². The van der Waals surface area contributed by atoms with Gasteiger partial charge in [-0.15, -0.1) is 11.3 Å². The molecule has 0 saturated carbocycles. The highest BCUT2D eigenvalue weighted by atomic mass is 35.5. The molecule has 1 amide bonds. The SMILES string of the molecule is O=C(NCCS(=O)(=O)NC1CCN(c2ccncc2)CC1)c1ccc(Cl)s1. The van der Waals surface area contributed by atoms with Gasteiger partial charge < -0.3 is 10.2 Å². The largest absolute Gasteiger partial charge is 0.371 e. The lowest BCUT2D eigenvalue weighted by Gasteiger charge is -2.33. The number of amides is 1. The highest BCUT2D eigenvalue weighted by Crippen LogP contribution is 2.21. The number of hydrogen-bond acceptors (Lipinski definition) is 6. The first-order valence-electron chi connectivity index (χ1n) is 8.61. The average molecular weight is 429 g/mol. The number of nitrogens with one attached hydrogen (secondary N) is 2. The number of anilines is 1. The molecule has 0 bridgehead atoms. The van der Waals surface area contributed by atoms with E-state index in [0.717, 1.165) is 43.0 Å². The number of piperidine rings is 1. The van der Waals surface area contributed by atoms with Crippen molar-refractivity contribution in [2.45, 2.75) is 18.9 Å². The van der Waals surface area contributed by atoms with E-state index in [2.05, 4.69) is 19.9 Å². The molecular weight excluding hydrogens is 408 g/mol. The standard InChI is InChI=1S/C17H21ClN4O3S2/c18-16-2-1-15(26-16)17(23)20-9-12-27(24,25)21-13-5-10-22(11-6-13)14-3-7-19-8-4-14/h1-4,7-8,13,21H,5-6,9-12H2,(H,20,23). The van der Waals surface area contributed by atoms with Crippen molar-refractivity contribution in [2.24, 2.45) is 0 Å². The van der Waals surface area contributed by atoms with E-state index < -0.39 is 10.0 Å². The molecule has 3 heterocycles. The third-order valence-electron chi connectivity index (χ3n) is 4.32. The molecule has 1 saturated heterocycles. The van der Waals surface area contributed by atoms with E-state index in [9.17, 15) is 13.2 Å².